The van der Waals surface area contributed by atoms with Crippen molar-refractivity contribution in [3.63, 3.8) is 0 Å². The van der Waals surface area contributed by atoms with Crippen LogP contribution in [-0.2, 0) is 24.1 Å². The minimum atomic E-state index is -0.415. The molecule has 11 heteroatoms. The van der Waals surface area contributed by atoms with E-state index in [1.807, 2.05) is 35.9 Å². The van der Waals surface area contributed by atoms with E-state index < -0.39 is 4.92 Å². The molecule has 3 aromatic rings. The predicted octanol–water partition coefficient (Wildman–Crippen LogP) is 3.39. The largest absolute Gasteiger partial charge is 0.485 e. The number of aromatic nitrogens is 3. The van der Waals surface area contributed by atoms with Gasteiger partial charge in [-0.1, -0.05) is 23.9 Å². The highest BCUT2D eigenvalue weighted by Gasteiger charge is 2.28. The second-order valence-electron chi connectivity index (χ2n) is 7.01. The molecule has 31 heavy (non-hydrogen) atoms. The minimum absolute atomic E-state index is 0.00789. The van der Waals surface area contributed by atoms with Crippen molar-refractivity contribution < 1.29 is 23.9 Å². The van der Waals surface area contributed by atoms with Crippen LogP contribution in [0.2, 0.25) is 0 Å². The lowest BCUT2D eigenvalue weighted by atomic mass is 10.1. The summed E-state index contributed by atoms with van der Waals surface area (Å²) >= 11 is 1.41. The molecular formula is C20H18N4O6S. The number of benzene rings is 2. The molecule has 0 spiro atoms. The fraction of sp³-hybridized carbons (Fsp3) is 0.300. The number of rotatable bonds is 5. The Morgan fingerprint density at radius 1 is 1.23 bits per heavy atom. The first-order valence-electron chi connectivity index (χ1n) is 9.51. The van der Waals surface area contributed by atoms with Gasteiger partial charge in [-0.05, 0) is 12.1 Å². The van der Waals surface area contributed by atoms with Gasteiger partial charge >= 0.3 is 0 Å². The van der Waals surface area contributed by atoms with Crippen LogP contribution in [0.5, 0.6) is 17.2 Å². The molecule has 0 aliphatic carbocycles. The summed E-state index contributed by atoms with van der Waals surface area (Å²) in [6, 6.07) is 10.5. The number of ether oxygens (including phenoxy) is 4. The molecule has 0 saturated carbocycles. The molecule has 0 N–H and O–H groups in total. The Balaban J connectivity index is 1.35. The molecule has 0 amide bonds. The minimum Gasteiger partial charge on any atom is -0.485 e. The van der Waals surface area contributed by atoms with Crippen LogP contribution in [-0.4, -0.2) is 33.1 Å². The fourth-order valence-corrected chi connectivity index (χ4v) is 4.40. The quantitative estimate of drug-likeness (QED) is 0.333. The van der Waals surface area contributed by atoms with E-state index in [0.717, 1.165) is 0 Å². The summed E-state index contributed by atoms with van der Waals surface area (Å²) in [4.78, 5) is 10.9. The third kappa shape index (κ3) is 3.77. The first-order valence-corrected chi connectivity index (χ1v) is 10.5. The van der Waals surface area contributed by atoms with E-state index >= 15 is 0 Å². The van der Waals surface area contributed by atoms with Gasteiger partial charge < -0.3 is 23.5 Å². The number of hydrogen-bond acceptors (Lipinski definition) is 9. The van der Waals surface area contributed by atoms with Crippen molar-refractivity contribution in [2.45, 2.75) is 23.6 Å². The lowest BCUT2D eigenvalue weighted by molar-refractivity contribution is -0.385. The van der Waals surface area contributed by atoms with Crippen molar-refractivity contribution in [2.75, 3.05) is 13.4 Å². The molecule has 1 atom stereocenters. The number of fused-ring (bicyclic) bond motifs is 2. The van der Waals surface area contributed by atoms with Crippen molar-refractivity contribution in [1.82, 2.24) is 14.8 Å². The van der Waals surface area contributed by atoms with Crippen molar-refractivity contribution in [3.8, 4) is 17.2 Å². The van der Waals surface area contributed by atoms with Crippen molar-refractivity contribution in [2.24, 2.45) is 7.05 Å². The van der Waals surface area contributed by atoms with Crippen molar-refractivity contribution in [1.29, 1.82) is 0 Å². The smallest absolute Gasteiger partial charge is 0.270 e. The Morgan fingerprint density at radius 2 is 2.06 bits per heavy atom. The molecule has 0 unspecified atom stereocenters. The van der Waals surface area contributed by atoms with Gasteiger partial charge in [0.1, 0.15) is 12.4 Å². The first-order chi connectivity index (χ1) is 15.1. The normalized spacial score (nSPS) is 17.0. The summed E-state index contributed by atoms with van der Waals surface area (Å²) in [6.45, 7) is 0.736. The van der Waals surface area contributed by atoms with E-state index in [2.05, 4.69) is 10.2 Å². The van der Waals surface area contributed by atoms with Gasteiger partial charge in [0.2, 0.25) is 0 Å². The van der Waals surface area contributed by atoms with Gasteiger partial charge in [0, 0.05) is 36.1 Å². The molecule has 10 nitrogen and oxygen atoms in total. The van der Waals surface area contributed by atoms with E-state index in [1.165, 1.54) is 23.9 Å². The van der Waals surface area contributed by atoms with Crippen LogP contribution in [0.15, 0.2) is 41.6 Å². The molecule has 0 bridgehead atoms. The molecule has 3 heterocycles. The lowest BCUT2D eigenvalue weighted by Gasteiger charge is -2.25. The average molecular weight is 442 g/mol. The number of nitrogens with zero attached hydrogens (tertiary/aromatic N) is 4. The second kappa shape index (κ2) is 8.08. The van der Waals surface area contributed by atoms with Crippen LogP contribution in [0.1, 0.15) is 23.1 Å². The van der Waals surface area contributed by atoms with Gasteiger partial charge in [-0.25, -0.2) is 0 Å². The molecule has 0 fully saturated rings. The molecule has 1 aromatic heterocycles. The van der Waals surface area contributed by atoms with Crippen LogP contribution >= 0.6 is 11.8 Å². The monoisotopic (exact) mass is 442 g/mol. The predicted molar refractivity (Wildman–Crippen MR) is 109 cm³/mol. The highest BCUT2D eigenvalue weighted by Crippen LogP contribution is 2.38. The van der Waals surface area contributed by atoms with Gasteiger partial charge in [0.05, 0.1) is 11.5 Å². The zero-order valence-corrected chi connectivity index (χ0v) is 17.3. The Kier molecular flexibility index (Phi) is 5.12. The number of nitro benzene ring substituents is 1. The summed E-state index contributed by atoms with van der Waals surface area (Å²) in [5, 5.41) is 20.5. The summed E-state index contributed by atoms with van der Waals surface area (Å²) in [5.74, 6) is 3.07. The molecule has 2 aromatic carbocycles. The number of para-hydroxylation sites is 2. The zero-order chi connectivity index (χ0) is 21.4. The first kappa shape index (κ1) is 19.6. The lowest BCUT2D eigenvalue weighted by Crippen LogP contribution is -2.24. The van der Waals surface area contributed by atoms with E-state index in [1.54, 1.807) is 0 Å². The third-order valence-corrected chi connectivity index (χ3v) is 6.07. The van der Waals surface area contributed by atoms with E-state index in [4.69, 9.17) is 18.9 Å². The van der Waals surface area contributed by atoms with E-state index in [-0.39, 0.29) is 25.2 Å². The number of hydrogen-bond donors (Lipinski definition) is 0. The zero-order valence-electron chi connectivity index (χ0n) is 16.5. The molecule has 2 aliphatic heterocycles. The highest BCUT2D eigenvalue weighted by atomic mass is 32.2. The van der Waals surface area contributed by atoms with Crippen molar-refractivity contribution >= 4 is 17.4 Å². The summed E-state index contributed by atoms with van der Waals surface area (Å²) in [7, 11) is 1.86. The molecule has 5 rings (SSSR count). The molecule has 160 valence electrons. The maximum atomic E-state index is 11.3. The van der Waals surface area contributed by atoms with Gasteiger partial charge in [0.25, 0.3) is 5.69 Å². The third-order valence-electron chi connectivity index (χ3n) is 5.00. The number of non-ortho nitro benzene ring substituents is 1. The van der Waals surface area contributed by atoms with Gasteiger partial charge in [-0.3, -0.25) is 10.1 Å². The Hall–Kier alpha value is -3.31. The standard InChI is InChI=1S/C20H18N4O6S/c1-23-19(17-9-28-15-4-2-3-5-16(15)30-17)21-22-20(23)31-10-13-7-14(24(25)26)6-12-8-27-11-29-18(12)13/h2-7,17H,8-11H2,1H3/t17-/m1/s1. The molecular weight excluding hydrogens is 424 g/mol. The second-order valence-corrected chi connectivity index (χ2v) is 7.96. The van der Waals surface area contributed by atoms with Crippen molar-refractivity contribution in [3.05, 3.63) is 63.5 Å². The van der Waals surface area contributed by atoms with Gasteiger partial charge in [-0.2, -0.15) is 0 Å². The molecule has 0 radical (unpaired) electrons. The fourth-order valence-electron chi connectivity index (χ4n) is 3.51. The highest BCUT2D eigenvalue weighted by molar-refractivity contribution is 7.98. The maximum Gasteiger partial charge on any atom is 0.270 e. The van der Waals surface area contributed by atoms with E-state index in [0.29, 0.717) is 51.7 Å². The number of nitro groups is 1. The summed E-state index contributed by atoms with van der Waals surface area (Å²) in [6.07, 6.45) is -0.382. The maximum absolute atomic E-state index is 11.3. The van der Waals surface area contributed by atoms with Crippen LogP contribution < -0.4 is 14.2 Å². The van der Waals surface area contributed by atoms with Crippen LogP contribution in [0, 0.1) is 10.1 Å². The van der Waals surface area contributed by atoms with Crippen LogP contribution in [0.25, 0.3) is 0 Å². The summed E-state index contributed by atoms with van der Waals surface area (Å²) in [5.41, 5.74) is 1.39. The van der Waals surface area contributed by atoms with Gasteiger partial charge in [-0.15, -0.1) is 10.2 Å². The summed E-state index contributed by atoms with van der Waals surface area (Å²) < 4.78 is 24.5. The topological polar surface area (TPSA) is 111 Å². The van der Waals surface area contributed by atoms with Crippen LogP contribution in [0.3, 0.4) is 0 Å². The molecule has 2 aliphatic rings. The SMILES string of the molecule is Cn1c(SCc2cc([N+](=O)[O-])cc3c2OCOC3)nnc1[C@H]1COc2ccccc2O1. The van der Waals surface area contributed by atoms with Gasteiger partial charge in [0.15, 0.2) is 35.4 Å². The average Bonchev–Trinajstić information content (AvgIpc) is 3.17. The van der Waals surface area contributed by atoms with E-state index in [9.17, 15) is 10.1 Å². The Labute approximate surface area is 181 Å². The van der Waals surface area contributed by atoms with Crippen LogP contribution in [0.4, 0.5) is 5.69 Å². The Bertz CT molecular complexity index is 1150. The molecule has 0 saturated heterocycles. The Morgan fingerprint density at radius 3 is 2.90 bits per heavy atom. The number of thioether (sulfide) groups is 1.